The Balaban J connectivity index is 2.18. The Morgan fingerprint density at radius 2 is 1.62 bits per heavy atom. The van der Waals surface area contributed by atoms with Crippen molar-refractivity contribution in [1.29, 1.82) is 0 Å². The highest BCUT2D eigenvalue weighted by Crippen LogP contribution is 2.13. The molecule has 2 aromatic carbocycles. The summed E-state index contributed by atoms with van der Waals surface area (Å²) in [5, 5.41) is 3.00. The van der Waals surface area contributed by atoms with Crippen LogP contribution in [-0.2, 0) is 22.4 Å². The molecule has 0 saturated carbocycles. The minimum absolute atomic E-state index is 0.0553. The number of hydrogen-bond acceptors (Lipinski definition) is 2. The van der Waals surface area contributed by atoms with Crippen LogP contribution in [0.5, 0.6) is 0 Å². The second kappa shape index (κ2) is 11.3. The molecule has 0 bridgehead atoms. The first kappa shape index (κ1) is 22.6. The van der Waals surface area contributed by atoms with E-state index in [1.165, 1.54) is 12.1 Å². The molecule has 0 unspecified atom stereocenters. The van der Waals surface area contributed by atoms with Crippen molar-refractivity contribution in [1.82, 2.24) is 10.2 Å². The monoisotopic (exact) mass is 398 g/mol. The highest BCUT2D eigenvalue weighted by Gasteiger charge is 2.28. The van der Waals surface area contributed by atoms with E-state index in [1.54, 1.807) is 17.0 Å². The summed E-state index contributed by atoms with van der Waals surface area (Å²) in [6.45, 7) is 6.34. The van der Waals surface area contributed by atoms with E-state index in [1.807, 2.05) is 51.1 Å². The van der Waals surface area contributed by atoms with Gasteiger partial charge >= 0.3 is 0 Å². The molecule has 0 aliphatic carbocycles. The number of hydrogen-bond donors (Lipinski definition) is 1. The van der Waals surface area contributed by atoms with Gasteiger partial charge in [0, 0.05) is 12.6 Å². The number of halogens is 1. The number of carbonyl (C=O) groups excluding carboxylic acids is 2. The van der Waals surface area contributed by atoms with Crippen LogP contribution in [0.3, 0.4) is 0 Å². The summed E-state index contributed by atoms with van der Waals surface area (Å²) >= 11 is 0. The van der Waals surface area contributed by atoms with Gasteiger partial charge in [-0.15, -0.1) is 0 Å². The number of rotatable bonds is 10. The van der Waals surface area contributed by atoms with Crippen LogP contribution in [0.2, 0.25) is 0 Å². The van der Waals surface area contributed by atoms with E-state index in [0.29, 0.717) is 19.4 Å². The summed E-state index contributed by atoms with van der Waals surface area (Å²) in [4.78, 5) is 27.6. The molecule has 29 heavy (non-hydrogen) atoms. The van der Waals surface area contributed by atoms with Gasteiger partial charge < -0.3 is 10.2 Å². The van der Waals surface area contributed by atoms with Gasteiger partial charge in [0.15, 0.2) is 0 Å². The molecule has 5 heteroatoms. The first-order valence-electron chi connectivity index (χ1n) is 10.3. The van der Waals surface area contributed by atoms with Gasteiger partial charge in [0.05, 0.1) is 6.42 Å². The standard InChI is InChI=1S/C24H31FN2O2/c1-4-18(3)26-24(29)22(5-2)27(16-15-19-9-7-6-8-10-19)23(28)17-20-11-13-21(25)14-12-20/h6-14,18,22H,4-5,15-17H2,1-3H3,(H,26,29)/t18-,22+/m1/s1. The lowest BCUT2D eigenvalue weighted by Crippen LogP contribution is -2.52. The van der Waals surface area contributed by atoms with Gasteiger partial charge in [0.2, 0.25) is 11.8 Å². The maximum atomic E-state index is 13.2. The summed E-state index contributed by atoms with van der Waals surface area (Å²) in [7, 11) is 0. The van der Waals surface area contributed by atoms with Gasteiger partial charge in [-0.1, -0.05) is 56.3 Å². The molecule has 0 saturated heterocycles. The largest absolute Gasteiger partial charge is 0.352 e. The molecular weight excluding hydrogens is 367 g/mol. The molecule has 0 aromatic heterocycles. The fourth-order valence-corrected chi connectivity index (χ4v) is 3.22. The molecule has 0 aliphatic rings. The zero-order valence-electron chi connectivity index (χ0n) is 17.5. The molecule has 0 heterocycles. The van der Waals surface area contributed by atoms with E-state index < -0.39 is 6.04 Å². The molecule has 2 aromatic rings. The fourth-order valence-electron chi connectivity index (χ4n) is 3.22. The third kappa shape index (κ3) is 7.00. The van der Waals surface area contributed by atoms with E-state index in [4.69, 9.17) is 0 Å². The van der Waals surface area contributed by atoms with Gasteiger partial charge in [-0.3, -0.25) is 9.59 Å². The van der Waals surface area contributed by atoms with Crippen molar-refractivity contribution in [2.75, 3.05) is 6.54 Å². The molecule has 0 aliphatic heterocycles. The molecule has 156 valence electrons. The van der Waals surface area contributed by atoms with E-state index in [-0.39, 0.29) is 30.1 Å². The number of nitrogens with zero attached hydrogens (tertiary/aromatic N) is 1. The van der Waals surface area contributed by atoms with Crippen LogP contribution in [0.15, 0.2) is 54.6 Å². The van der Waals surface area contributed by atoms with Crippen molar-refractivity contribution in [3.8, 4) is 0 Å². The summed E-state index contributed by atoms with van der Waals surface area (Å²) in [6.07, 6.45) is 2.17. The van der Waals surface area contributed by atoms with Crippen LogP contribution < -0.4 is 5.32 Å². The molecule has 2 rings (SSSR count). The third-order valence-electron chi connectivity index (χ3n) is 5.14. The normalized spacial score (nSPS) is 12.8. The van der Waals surface area contributed by atoms with E-state index >= 15 is 0 Å². The number of nitrogens with one attached hydrogen (secondary N) is 1. The fraction of sp³-hybridized carbons (Fsp3) is 0.417. The van der Waals surface area contributed by atoms with Crippen molar-refractivity contribution in [2.24, 2.45) is 0 Å². The summed E-state index contributed by atoms with van der Waals surface area (Å²) in [6, 6.07) is 15.4. The molecule has 1 N–H and O–H groups in total. The molecule has 4 nitrogen and oxygen atoms in total. The first-order chi connectivity index (χ1) is 13.9. The Kier molecular flexibility index (Phi) is 8.84. The molecular formula is C24H31FN2O2. The second-order valence-corrected chi connectivity index (χ2v) is 7.37. The Morgan fingerprint density at radius 1 is 0.966 bits per heavy atom. The smallest absolute Gasteiger partial charge is 0.243 e. The number of amides is 2. The molecule has 0 spiro atoms. The Hall–Kier alpha value is -2.69. The summed E-state index contributed by atoms with van der Waals surface area (Å²) < 4.78 is 13.2. The van der Waals surface area contributed by atoms with E-state index in [2.05, 4.69) is 5.32 Å². The maximum Gasteiger partial charge on any atom is 0.243 e. The molecule has 0 fully saturated rings. The average Bonchev–Trinajstić information content (AvgIpc) is 2.73. The zero-order chi connectivity index (χ0) is 21.2. The van der Waals surface area contributed by atoms with Gasteiger partial charge in [-0.2, -0.15) is 0 Å². The van der Waals surface area contributed by atoms with Crippen molar-refractivity contribution < 1.29 is 14.0 Å². The van der Waals surface area contributed by atoms with Crippen molar-refractivity contribution in [3.05, 3.63) is 71.5 Å². The van der Waals surface area contributed by atoms with Crippen LogP contribution in [-0.4, -0.2) is 35.3 Å². The Labute approximate surface area is 173 Å². The average molecular weight is 399 g/mol. The molecule has 2 amide bonds. The van der Waals surface area contributed by atoms with E-state index in [9.17, 15) is 14.0 Å². The van der Waals surface area contributed by atoms with Crippen LogP contribution in [0.1, 0.15) is 44.7 Å². The first-order valence-corrected chi connectivity index (χ1v) is 10.3. The topological polar surface area (TPSA) is 49.4 Å². The number of benzene rings is 2. The summed E-state index contributed by atoms with van der Waals surface area (Å²) in [5.41, 5.74) is 1.85. The minimum Gasteiger partial charge on any atom is -0.352 e. The summed E-state index contributed by atoms with van der Waals surface area (Å²) in [5.74, 6) is -0.581. The van der Waals surface area contributed by atoms with Gasteiger partial charge in [-0.05, 0) is 49.4 Å². The highest BCUT2D eigenvalue weighted by molar-refractivity contribution is 5.88. The lowest BCUT2D eigenvalue weighted by molar-refractivity contribution is -0.140. The van der Waals surface area contributed by atoms with Gasteiger partial charge in [-0.25, -0.2) is 4.39 Å². The SMILES string of the molecule is CC[C@@H](C)NC(=O)[C@H](CC)N(CCc1ccccc1)C(=O)Cc1ccc(F)cc1. The van der Waals surface area contributed by atoms with Crippen molar-refractivity contribution in [3.63, 3.8) is 0 Å². The minimum atomic E-state index is -0.527. The van der Waals surface area contributed by atoms with Gasteiger partial charge in [0.1, 0.15) is 11.9 Å². The van der Waals surface area contributed by atoms with Crippen LogP contribution in [0.4, 0.5) is 4.39 Å². The predicted molar refractivity (Wildman–Crippen MR) is 114 cm³/mol. The quantitative estimate of drug-likeness (QED) is 0.654. The van der Waals surface area contributed by atoms with Crippen LogP contribution in [0.25, 0.3) is 0 Å². The Morgan fingerprint density at radius 3 is 2.21 bits per heavy atom. The maximum absolute atomic E-state index is 13.2. The molecule has 2 atom stereocenters. The van der Waals surface area contributed by atoms with Crippen molar-refractivity contribution in [2.45, 2.75) is 58.5 Å². The van der Waals surface area contributed by atoms with E-state index in [0.717, 1.165) is 17.5 Å². The van der Waals surface area contributed by atoms with Gasteiger partial charge in [0.25, 0.3) is 0 Å². The molecule has 0 radical (unpaired) electrons. The Bertz CT molecular complexity index is 777. The van der Waals surface area contributed by atoms with Crippen LogP contribution in [0, 0.1) is 5.82 Å². The number of carbonyl (C=O) groups is 2. The van der Waals surface area contributed by atoms with Crippen molar-refractivity contribution >= 4 is 11.8 Å². The third-order valence-corrected chi connectivity index (χ3v) is 5.14. The predicted octanol–water partition coefficient (Wildman–Crippen LogP) is 4.13. The van der Waals surface area contributed by atoms with Crippen LogP contribution >= 0.6 is 0 Å². The lowest BCUT2D eigenvalue weighted by atomic mass is 10.1. The zero-order valence-corrected chi connectivity index (χ0v) is 17.5. The second-order valence-electron chi connectivity index (χ2n) is 7.37. The lowest BCUT2D eigenvalue weighted by Gasteiger charge is -2.31. The highest BCUT2D eigenvalue weighted by atomic mass is 19.1.